The zero-order chi connectivity index (χ0) is 8.10. The third kappa shape index (κ3) is 2.66. The summed E-state index contributed by atoms with van der Waals surface area (Å²) >= 11 is 2.37. The summed E-state index contributed by atoms with van der Waals surface area (Å²) in [6, 6.07) is 10.4. The zero-order valence-electron chi connectivity index (χ0n) is 6.55. The van der Waals surface area contributed by atoms with E-state index < -0.39 is 0 Å². The lowest BCUT2D eigenvalue weighted by molar-refractivity contribution is 1.23. The lowest BCUT2D eigenvalue weighted by atomic mass is 10.2. The Balaban J connectivity index is 2.85. The molecule has 0 aliphatic heterocycles. The van der Waals surface area contributed by atoms with Gasteiger partial charge in [-0.05, 0) is 34.6 Å². The first-order valence-electron chi connectivity index (χ1n) is 3.75. The van der Waals surface area contributed by atoms with Crippen molar-refractivity contribution in [3.8, 4) is 0 Å². The third-order valence-corrected chi connectivity index (χ3v) is 2.50. The maximum atomic E-state index is 2.37. The summed E-state index contributed by atoms with van der Waals surface area (Å²) in [4.78, 5) is 0. The van der Waals surface area contributed by atoms with Crippen molar-refractivity contribution < 1.29 is 0 Å². The Bertz CT molecular complexity index is 236. The van der Waals surface area contributed by atoms with E-state index in [4.69, 9.17) is 0 Å². The number of benzene rings is 1. The van der Waals surface area contributed by atoms with Gasteiger partial charge in [-0.1, -0.05) is 43.3 Å². The van der Waals surface area contributed by atoms with E-state index in [1.54, 1.807) is 0 Å². The highest BCUT2D eigenvalue weighted by atomic mass is 127. The highest BCUT2D eigenvalue weighted by Gasteiger charge is 1.92. The van der Waals surface area contributed by atoms with Gasteiger partial charge in [-0.3, -0.25) is 0 Å². The van der Waals surface area contributed by atoms with Crippen molar-refractivity contribution >= 4 is 26.2 Å². The minimum Gasteiger partial charge on any atom is -0.0708 e. The molecule has 0 amide bonds. The average Bonchev–Trinajstić information content (AvgIpc) is 2.07. The van der Waals surface area contributed by atoms with Gasteiger partial charge in [0.2, 0.25) is 0 Å². The van der Waals surface area contributed by atoms with Gasteiger partial charge in [0.1, 0.15) is 0 Å². The first kappa shape index (κ1) is 8.78. The number of allylic oxidation sites excluding steroid dienone is 1. The van der Waals surface area contributed by atoms with Crippen molar-refractivity contribution in [2.75, 3.05) is 0 Å². The molecule has 0 saturated carbocycles. The fourth-order valence-corrected chi connectivity index (χ4v) is 1.69. The molecule has 0 atom stereocenters. The predicted molar refractivity (Wildman–Crippen MR) is 58.7 cm³/mol. The molecule has 11 heavy (non-hydrogen) atoms. The summed E-state index contributed by atoms with van der Waals surface area (Å²) in [6.45, 7) is 2.15. The third-order valence-electron chi connectivity index (χ3n) is 1.43. The maximum Gasteiger partial charge on any atom is 0.0162 e. The van der Waals surface area contributed by atoms with E-state index in [9.17, 15) is 0 Å². The molecule has 0 N–H and O–H groups in total. The number of rotatable bonds is 2. The zero-order valence-corrected chi connectivity index (χ0v) is 8.71. The maximum absolute atomic E-state index is 2.37. The molecule has 58 valence electrons. The minimum atomic E-state index is 1.10. The molecule has 0 nitrogen and oxygen atoms in total. The van der Waals surface area contributed by atoms with Gasteiger partial charge in [0.15, 0.2) is 0 Å². The molecular weight excluding hydrogens is 247 g/mol. The summed E-state index contributed by atoms with van der Waals surface area (Å²) < 4.78 is 1.34. The molecule has 0 saturated heterocycles. The lowest BCUT2D eigenvalue weighted by Crippen LogP contribution is -1.73. The SMILES string of the molecule is CC/C=C(\I)c1ccccc1. The van der Waals surface area contributed by atoms with E-state index in [2.05, 4.69) is 59.9 Å². The molecule has 0 bridgehead atoms. The second-order valence-corrected chi connectivity index (χ2v) is 3.49. The van der Waals surface area contributed by atoms with Crippen LogP contribution in [0.3, 0.4) is 0 Å². The molecule has 0 aliphatic carbocycles. The molecule has 1 aromatic rings. The molecule has 0 unspecified atom stereocenters. The van der Waals surface area contributed by atoms with Crippen LogP contribution in [0.1, 0.15) is 18.9 Å². The highest BCUT2D eigenvalue weighted by molar-refractivity contribution is 14.1. The van der Waals surface area contributed by atoms with Crippen molar-refractivity contribution in [3.63, 3.8) is 0 Å². The Kier molecular flexibility index (Phi) is 3.63. The highest BCUT2D eigenvalue weighted by Crippen LogP contribution is 2.21. The number of halogens is 1. The van der Waals surface area contributed by atoms with Gasteiger partial charge >= 0.3 is 0 Å². The van der Waals surface area contributed by atoms with Crippen molar-refractivity contribution in [3.05, 3.63) is 42.0 Å². The van der Waals surface area contributed by atoms with Crippen LogP contribution in [-0.4, -0.2) is 0 Å². The molecular formula is C10H11I. The Labute approximate surface area is 81.5 Å². The van der Waals surface area contributed by atoms with Crippen LogP contribution in [0.5, 0.6) is 0 Å². The molecule has 0 aromatic heterocycles. The van der Waals surface area contributed by atoms with E-state index in [-0.39, 0.29) is 0 Å². The number of hydrogen-bond donors (Lipinski definition) is 0. The molecule has 0 fully saturated rings. The molecule has 0 heterocycles. The van der Waals surface area contributed by atoms with Crippen molar-refractivity contribution in [2.24, 2.45) is 0 Å². The van der Waals surface area contributed by atoms with Crippen LogP contribution in [0.4, 0.5) is 0 Å². The van der Waals surface area contributed by atoms with Gasteiger partial charge in [-0.2, -0.15) is 0 Å². The Morgan fingerprint density at radius 3 is 2.55 bits per heavy atom. The molecule has 1 rings (SSSR count). The molecule has 1 heteroatoms. The summed E-state index contributed by atoms with van der Waals surface area (Å²) in [5.41, 5.74) is 1.31. The first-order chi connectivity index (χ1) is 5.34. The van der Waals surface area contributed by atoms with Gasteiger partial charge < -0.3 is 0 Å². The lowest BCUT2D eigenvalue weighted by Gasteiger charge is -1.96. The minimum absolute atomic E-state index is 1.10. The quantitative estimate of drug-likeness (QED) is 0.706. The standard InChI is InChI=1S/C10H11I/c1-2-6-10(11)9-7-4-3-5-8-9/h3-8H,2H2,1H3/b10-6-. The van der Waals surface area contributed by atoms with E-state index in [1.807, 2.05) is 6.07 Å². The number of hydrogen-bond acceptors (Lipinski definition) is 0. The van der Waals surface area contributed by atoms with Crippen LogP contribution in [0, 0.1) is 0 Å². The van der Waals surface area contributed by atoms with Crippen LogP contribution in [0.15, 0.2) is 36.4 Å². The molecule has 0 radical (unpaired) electrons. The summed E-state index contributed by atoms with van der Waals surface area (Å²) in [5, 5.41) is 0. The smallest absolute Gasteiger partial charge is 0.0162 e. The van der Waals surface area contributed by atoms with Crippen LogP contribution in [-0.2, 0) is 0 Å². The van der Waals surface area contributed by atoms with E-state index in [1.165, 1.54) is 9.14 Å². The second-order valence-electron chi connectivity index (χ2n) is 2.33. The van der Waals surface area contributed by atoms with E-state index in [0.29, 0.717) is 0 Å². The molecule has 1 aromatic carbocycles. The van der Waals surface area contributed by atoms with E-state index in [0.717, 1.165) is 6.42 Å². The van der Waals surface area contributed by atoms with Gasteiger partial charge in [0.25, 0.3) is 0 Å². The van der Waals surface area contributed by atoms with Crippen molar-refractivity contribution in [2.45, 2.75) is 13.3 Å². The monoisotopic (exact) mass is 258 g/mol. The molecule has 0 aliphatic rings. The van der Waals surface area contributed by atoms with Gasteiger partial charge in [0.05, 0.1) is 0 Å². The van der Waals surface area contributed by atoms with Crippen LogP contribution < -0.4 is 0 Å². The van der Waals surface area contributed by atoms with Crippen LogP contribution >= 0.6 is 22.6 Å². The van der Waals surface area contributed by atoms with E-state index >= 15 is 0 Å². The van der Waals surface area contributed by atoms with Gasteiger partial charge in [0, 0.05) is 3.58 Å². The Hall–Kier alpha value is -0.310. The summed E-state index contributed by atoms with van der Waals surface area (Å²) in [7, 11) is 0. The molecule has 0 spiro atoms. The Morgan fingerprint density at radius 2 is 2.00 bits per heavy atom. The van der Waals surface area contributed by atoms with Gasteiger partial charge in [-0.25, -0.2) is 0 Å². The van der Waals surface area contributed by atoms with Crippen molar-refractivity contribution in [1.29, 1.82) is 0 Å². The second kappa shape index (κ2) is 4.54. The van der Waals surface area contributed by atoms with Gasteiger partial charge in [-0.15, -0.1) is 0 Å². The fourth-order valence-electron chi connectivity index (χ4n) is 0.894. The first-order valence-corrected chi connectivity index (χ1v) is 4.83. The topological polar surface area (TPSA) is 0 Å². The van der Waals surface area contributed by atoms with Crippen LogP contribution in [0.2, 0.25) is 0 Å². The largest absolute Gasteiger partial charge is 0.0708 e. The fraction of sp³-hybridized carbons (Fsp3) is 0.200. The average molecular weight is 258 g/mol. The Morgan fingerprint density at radius 1 is 1.36 bits per heavy atom. The van der Waals surface area contributed by atoms with Crippen LogP contribution in [0.25, 0.3) is 3.58 Å². The predicted octanol–water partition coefficient (Wildman–Crippen LogP) is 3.87. The van der Waals surface area contributed by atoms with Crippen molar-refractivity contribution in [1.82, 2.24) is 0 Å². The summed E-state index contributed by atoms with van der Waals surface area (Å²) in [5.74, 6) is 0. The summed E-state index contributed by atoms with van der Waals surface area (Å²) in [6.07, 6.45) is 3.34. The normalized spacial score (nSPS) is 11.6.